The summed E-state index contributed by atoms with van der Waals surface area (Å²) in [6.45, 7) is 1.89. The van der Waals surface area contributed by atoms with Crippen molar-refractivity contribution in [1.82, 2.24) is 0 Å². The van der Waals surface area contributed by atoms with Gasteiger partial charge in [-0.25, -0.2) is 8.78 Å². The maximum absolute atomic E-state index is 13.0. The number of rotatable bonds is 1. The van der Waals surface area contributed by atoms with Crippen LogP contribution in [0.15, 0.2) is 28.4 Å². The van der Waals surface area contributed by atoms with Crippen molar-refractivity contribution in [3.8, 4) is 0 Å². The minimum atomic E-state index is -0.618. The van der Waals surface area contributed by atoms with Crippen LogP contribution in [0, 0.1) is 17.6 Å². The maximum Gasteiger partial charge on any atom is 0.126 e. The number of benzene rings is 1. The minimum Gasteiger partial charge on any atom is -0.385 e. The number of hydrogen-bond acceptors (Lipinski definition) is 3. The number of amidine groups is 1. The van der Waals surface area contributed by atoms with Crippen LogP contribution in [-0.4, -0.2) is 11.5 Å². The molecule has 0 aliphatic carbocycles. The lowest BCUT2D eigenvalue weighted by atomic mass is 9.97. The third kappa shape index (κ3) is 2.08. The zero-order chi connectivity index (χ0) is 11.7. The summed E-state index contributed by atoms with van der Waals surface area (Å²) in [7, 11) is 0. The average Bonchev–Trinajstić information content (AvgIpc) is 2.20. The largest absolute Gasteiger partial charge is 0.385 e. The molecule has 0 spiro atoms. The van der Waals surface area contributed by atoms with E-state index in [1.54, 1.807) is 0 Å². The molecule has 3 nitrogen and oxygen atoms in total. The van der Waals surface area contributed by atoms with Crippen molar-refractivity contribution in [3.63, 3.8) is 0 Å². The van der Waals surface area contributed by atoms with E-state index in [1.807, 2.05) is 6.92 Å². The normalized spacial score (nSPS) is 20.3. The summed E-state index contributed by atoms with van der Waals surface area (Å²) in [5.41, 5.74) is 6.55. The summed E-state index contributed by atoms with van der Waals surface area (Å²) in [5.74, 6) is -0.750. The lowest BCUT2D eigenvalue weighted by Crippen LogP contribution is -2.26. The lowest BCUT2D eigenvalue weighted by molar-refractivity contribution is 0.582. The Morgan fingerprint density at radius 2 is 1.81 bits per heavy atom. The van der Waals surface area contributed by atoms with Crippen LogP contribution in [0.5, 0.6) is 0 Å². The van der Waals surface area contributed by atoms with Crippen LogP contribution in [0.25, 0.3) is 0 Å². The van der Waals surface area contributed by atoms with Gasteiger partial charge >= 0.3 is 0 Å². The fourth-order valence-electron chi connectivity index (χ4n) is 1.55. The van der Waals surface area contributed by atoms with E-state index in [-0.39, 0.29) is 5.92 Å². The monoisotopic (exact) mass is 223 g/mol. The molecular weight excluding hydrogens is 212 g/mol. The summed E-state index contributed by atoms with van der Waals surface area (Å²) < 4.78 is 26.0. The van der Waals surface area contributed by atoms with Crippen molar-refractivity contribution in [1.29, 1.82) is 0 Å². The Hall–Kier alpha value is -1.78. The highest BCUT2D eigenvalue weighted by Gasteiger charge is 2.18. The second kappa shape index (κ2) is 4.00. The van der Waals surface area contributed by atoms with E-state index in [2.05, 4.69) is 10.2 Å². The Balaban J connectivity index is 2.38. The standard InChI is InChI=1S/C11H11F2N3/c1-6-2-10(15-16-11(6)14)7-3-8(12)5-9(13)4-7/h3-6H,2H2,1H3,(H2,14,16). The van der Waals surface area contributed by atoms with Crippen molar-refractivity contribution in [2.24, 2.45) is 21.9 Å². The molecule has 1 unspecified atom stereocenters. The molecule has 1 heterocycles. The van der Waals surface area contributed by atoms with Crippen LogP contribution in [0.4, 0.5) is 8.78 Å². The number of nitrogens with two attached hydrogens (primary N) is 1. The molecule has 5 heteroatoms. The van der Waals surface area contributed by atoms with Gasteiger partial charge in [0.2, 0.25) is 0 Å². The minimum absolute atomic E-state index is 0.0406. The van der Waals surface area contributed by atoms with Gasteiger partial charge in [-0.15, -0.1) is 5.10 Å². The second-order valence-electron chi connectivity index (χ2n) is 3.83. The summed E-state index contributed by atoms with van der Waals surface area (Å²) >= 11 is 0. The second-order valence-corrected chi connectivity index (χ2v) is 3.83. The predicted octanol–water partition coefficient (Wildman–Crippen LogP) is 2.07. The highest BCUT2D eigenvalue weighted by Crippen LogP contribution is 2.17. The van der Waals surface area contributed by atoms with Crippen LogP contribution in [0.3, 0.4) is 0 Å². The predicted molar refractivity (Wildman–Crippen MR) is 58.3 cm³/mol. The average molecular weight is 223 g/mol. The maximum atomic E-state index is 13.0. The highest BCUT2D eigenvalue weighted by molar-refractivity contribution is 6.04. The topological polar surface area (TPSA) is 50.7 Å². The van der Waals surface area contributed by atoms with Crippen molar-refractivity contribution in [2.75, 3.05) is 0 Å². The van der Waals surface area contributed by atoms with Crippen molar-refractivity contribution in [2.45, 2.75) is 13.3 Å². The number of hydrogen-bond donors (Lipinski definition) is 1. The van der Waals surface area contributed by atoms with Gasteiger partial charge in [0, 0.05) is 24.0 Å². The van der Waals surface area contributed by atoms with E-state index < -0.39 is 11.6 Å². The first-order valence-corrected chi connectivity index (χ1v) is 4.92. The van der Waals surface area contributed by atoms with Crippen molar-refractivity contribution < 1.29 is 8.78 Å². The van der Waals surface area contributed by atoms with Crippen LogP contribution in [0.2, 0.25) is 0 Å². The van der Waals surface area contributed by atoms with Crippen molar-refractivity contribution >= 4 is 11.5 Å². The fourth-order valence-corrected chi connectivity index (χ4v) is 1.55. The van der Waals surface area contributed by atoms with Gasteiger partial charge in [0.1, 0.15) is 17.5 Å². The van der Waals surface area contributed by atoms with Crippen LogP contribution in [-0.2, 0) is 0 Å². The molecule has 0 fully saturated rings. The zero-order valence-electron chi connectivity index (χ0n) is 8.74. The van der Waals surface area contributed by atoms with E-state index in [9.17, 15) is 8.78 Å². The van der Waals surface area contributed by atoms with Gasteiger partial charge in [-0.3, -0.25) is 0 Å². The molecule has 16 heavy (non-hydrogen) atoms. The van der Waals surface area contributed by atoms with E-state index >= 15 is 0 Å². The molecule has 84 valence electrons. The zero-order valence-corrected chi connectivity index (χ0v) is 8.74. The van der Waals surface area contributed by atoms with Gasteiger partial charge in [-0.1, -0.05) is 6.92 Å². The molecule has 1 aromatic carbocycles. The van der Waals surface area contributed by atoms with Gasteiger partial charge in [-0.05, 0) is 12.1 Å². The molecule has 1 aliphatic rings. The quantitative estimate of drug-likeness (QED) is 0.778. The van der Waals surface area contributed by atoms with E-state index in [1.165, 1.54) is 12.1 Å². The molecule has 2 N–H and O–H groups in total. The van der Waals surface area contributed by atoms with Gasteiger partial charge in [0.25, 0.3) is 0 Å². The molecule has 0 radical (unpaired) electrons. The lowest BCUT2D eigenvalue weighted by Gasteiger charge is -2.16. The molecule has 0 saturated heterocycles. The molecule has 2 rings (SSSR count). The van der Waals surface area contributed by atoms with E-state index in [4.69, 9.17) is 5.73 Å². The first kappa shape index (κ1) is 10.7. The highest BCUT2D eigenvalue weighted by atomic mass is 19.1. The number of nitrogens with zero attached hydrogens (tertiary/aromatic N) is 2. The Bertz CT molecular complexity index is 460. The Morgan fingerprint density at radius 3 is 2.38 bits per heavy atom. The smallest absolute Gasteiger partial charge is 0.126 e. The molecule has 1 aromatic rings. The van der Waals surface area contributed by atoms with Crippen LogP contribution >= 0.6 is 0 Å². The first-order valence-electron chi connectivity index (χ1n) is 4.92. The molecular formula is C11H11F2N3. The molecule has 1 aliphatic heterocycles. The van der Waals surface area contributed by atoms with Gasteiger partial charge in [-0.2, -0.15) is 5.10 Å². The van der Waals surface area contributed by atoms with Crippen LogP contribution < -0.4 is 5.73 Å². The summed E-state index contributed by atoms with van der Waals surface area (Å²) in [4.78, 5) is 0. The summed E-state index contributed by atoms with van der Waals surface area (Å²) in [6, 6.07) is 3.31. The third-order valence-electron chi connectivity index (χ3n) is 2.49. The SMILES string of the molecule is CC1CC(c2cc(F)cc(F)c2)=NN=C1N. The molecule has 0 amide bonds. The van der Waals surface area contributed by atoms with Crippen molar-refractivity contribution in [3.05, 3.63) is 35.4 Å². The van der Waals surface area contributed by atoms with Gasteiger partial charge in [0.05, 0.1) is 5.71 Å². The summed E-state index contributed by atoms with van der Waals surface area (Å²) in [6.07, 6.45) is 0.540. The van der Waals surface area contributed by atoms with Gasteiger partial charge < -0.3 is 5.73 Å². The van der Waals surface area contributed by atoms with E-state index in [0.29, 0.717) is 23.5 Å². The van der Waals surface area contributed by atoms with Gasteiger partial charge in [0.15, 0.2) is 0 Å². The third-order valence-corrected chi connectivity index (χ3v) is 2.49. The van der Waals surface area contributed by atoms with Crippen LogP contribution in [0.1, 0.15) is 18.9 Å². The first-order chi connectivity index (χ1) is 7.56. The van der Waals surface area contributed by atoms with E-state index in [0.717, 1.165) is 6.07 Å². The molecule has 1 atom stereocenters. The molecule has 0 saturated carbocycles. The number of halogens is 2. The Kier molecular flexibility index (Phi) is 2.68. The molecule has 0 bridgehead atoms. The molecule has 0 aromatic heterocycles. The summed E-state index contributed by atoms with van der Waals surface area (Å²) in [5, 5.41) is 7.63. The Labute approximate surface area is 91.7 Å². The Morgan fingerprint density at radius 1 is 1.19 bits per heavy atom. The fraction of sp³-hybridized carbons (Fsp3) is 0.273.